The second kappa shape index (κ2) is 6.85. The fourth-order valence-electron chi connectivity index (χ4n) is 2.75. The molecular formula is C15H24N4O2. The summed E-state index contributed by atoms with van der Waals surface area (Å²) >= 11 is 0. The number of hydrogen-bond donors (Lipinski definition) is 2. The number of carbonyl (C=O) groups is 1. The van der Waals surface area contributed by atoms with E-state index < -0.39 is 0 Å². The smallest absolute Gasteiger partial charge is 0.271 e. The van der Waals surface area contributed by atoms with Crippen molar-refractivity contribution in [2.24, 2.45) is 0 Å². The molecule has 6 nitrogen and oxygen atoms in total. The van der Waals surface area contributed by atoms with E-state index in [0.29, 0.717) is 18.1 Å². The van der Waals surface area contributed by atoms with Crippen molar-refractivity contribution in [3.63, 3.8) is 0 Å². The average Bonchev–Trinajstić information content (AvgIpc) is 2.55. The largest absolute Gasteiger partial charge is 0.375 e. The van der Waals surface area contributed by atoms with E-state index in [1.807, 2.05) is 0 Å². The van der Waals surface area contributed by atoms with E-state index in [-0.39, 0.29) is 17.6 Å². The Hall–Kier alpha value is -1.69. The van der Waals surface area contributed by atoms with E-state index in [0.717, 1.165) is 25.7 Å². The highest BCUT2D eigenvalue weighted by Gasteiger charge is 2.35. The first-order chi connectivity index (χ1) is 10.1. The van der Waals surface area contributed by atoms with Gasteiger partial charge in [0.05, 0.1) is 18.0 Å². The zero-order valence-corrected chi connectivity index (χ0v) is 13.0. The van der Waals surface area contributed by atoms with Gasteiger partial charge in [-0.3, -0.25) is 9.78 Å². The molecule has 1 unspecified atom stereocenters. The van der Waals surface area contributed by atoms with Crippen molar-refractivity contribution in [2.45, 2.75) is 51.2 Å². The number of rotatable bonds is 5. The first kappa shape index (κ1) is 15.7. The molecule has 1 aromatic heterocycles. The van der Waals surface area contributed by atoms with Gasteiger partial charge in [-0.25, -0.2) is 4.98 Å². The molecule has 2 N–H and O–H groups in total. The lowest BCUT2D eigenvalue weighted by atomic mass is 9.86. The van der Waals surface area contributed by atoms with Gasteiger partial charge in [0, 0.05) is 19.7 Å². The Labute approximate surface area is 125 Å². The van der Waals surface area contributed by atoms with Crippen molar-refractivity contribution < 1.29 is 9.53 Å². The summed E-state index contributed by atoms with van der Waals surface area (Å²) in [6, 6.07) is 0.131. The monoisotopic (exact) mass is 292 g/mol. The van der Waals surface area contributed by atoms with Crippen molar-refractivity contribution >= 4 is 11.7 Å². The molecule has 1 aliphatic heterocycles. The predicted molar refractivity (Wildman–Crippen MR) is 81.3 cm³/mol. The molecule has 1 aromatic rings. The third-order valence-electron chi connectivity index (χ3n) is 4.24. The summed E-state index contributed by atoms with van der Waals surface area (Å²) in [6.07, 6.45) is 6.69. The minimum absolute atomic E-state index is 0.102. The molecule has 1 aliphatic rings. The predicted octanol–water partition coefficient (Wildman–Crippen LogP) is 1.99. The van der Waals surface area contributed by atoms with E-state index in [4.69, 9.17) is 4.74 Å². The molecule has 0 spiro atoms. The lowest BCUT2D eigenvalue weighted by molar-refractivity contribution is -0.0918. The van der Waals surface area contributed by atoms with Crippen LogP contribution in [0.2, 0.25) is 0 Å². The molecule has 0 saturated carbocycles. The molecule has 6 heteroatoms. The molecule has 0 aliphatic carbocycles. The van der Waals surface area contributed by atoms with Crippen LogP contribution in [0.1, 0.15) is 50.0 Å². The molecule has 1 fully saturated rings. The number of anilines is 1. The second-order valence-corrected chi connectivity index (χ2v) is 5.44. The maximum atomic E-state index is 12.3. The number of nitrogens with one attached hydrogen (secondary N) is 2. The molecule has 1 amide bonds. The van der Waals surface area contributed by atoms with E-state index in [9.17, 15) is 4.79 Å². The van der Waals surface area contributed by atoms with Crippen LogP contribution in [0.3, 0.4) is 0 Å². The number of nitrogens with zero attached hydrogens (tertiary/aromatic N) is 2. The molecule has 2 heterocycles. The molecule has 21 heavy (non-hydrogen) atoms. The summed E-state index contributed by atoms with van der Waals surface area (Å²) in [5.74, 6) is 0.415. The van der Waals surface area contributed by atoms with Crippen LogP contribution in [-0.2, 0) is 4.74 Å². The summed E-state index contributed by atoms with van der Waals surface area (Å²) in [6.45, 7) is 4.96. The van der Waals surface area contributed by atoms with Crippen LogP contribution in [0.25, 0.3) is 0 Å². The standard InChI is InChI=1S/C15H24N4O2/c1-4-15(5-2)8-11(6-7-21-15)18-14(20)12-9-17-10-13(16-3)19-12/h9-11H,4-8H2,1-3H3,(H,16,19)(H,18,20). The van der Waals surface area contributed by atoms with Crippen LogP contribution in [0.4, 0.5) is 5.82 Å². The molecule has 1 atom stereocenters. The Bertz CT molecular complexity index is 488. The van der Waals surface area contributed by atoms with Gasteiger partial charge in [-0.1, -0.05) is 13.8 Å². The summed E-state index contributed by atoms with van der Waals surface area (Å²) in [7, 11) is 1.75. The Balaban J connectivity index is 2.01. The van der Waals surface area contributed by atoms with Crippen LogP contribution in [-0.4, -0.2) is 41.2 Å². The lowest BCUT2D eigenvalue weighted by Gasteiger charge is -2.40. The summed E-state index contributed by atoms with van der Waals surface area (Å²) in [4.78, 5) is 20.5. The van der Waals surface area contributed by atoms with Crippen LogP contribution in [0, 0.1) is 0 Å². The van der Waals surface area contributed by atoms with Crippen molar-refractivity contribution in [1.29, 1.82) is 0 Å². The molecular weight excluding hydrogens is 268 g/mol. The van der Waals surface area contributed by atoms with Crippen molar-refractivity contribution in [1.82, 2.24) is 15.3 Å². The number of aromatic nitrogens is 2. The van der Waals surface area contributed by atoms with Crippen LogP contribution >= 0.6 is 0 Å². The highest BCUT2D eigenvalue weighted by molar-refractivity contribution is 5.92. The molecule has 0 radical (unpaired) electrons. The number of carbonyl (C=O) groups excluding carboxylic acids is 1. The van der Waals surface area contributed by atoms with Crippen LogP contribution in [0.15, 0.2) is 12.4 Å². The summed E-state index contributed by atoms with van der Waals surface area (Å²) < 4.78 is 5.93. The highest BCUT2D eigenvalue weighted by atomic mass is 16.5. The maximum Gasteiger partial charge on any atom is 0.271 e. The minimum atomic E-state index is -0.174. The summed E-state index contributed by atoms with van der Waals surface area (Å²) in [5.41, 5.74) is 0.237. The number of ether oxygens (including phenoxy) is 1. The van der Waals surface area contributed by atoms with Gasteiger partial charge in [0.2, 0.25) is 0 Å². The summed E-state index contributed by atoms with van der Waals surface area (Å²) in [5, 5.41) is 5.94. The van der Waals surface area contributed by atoms with Gasteiger partial charge in [0.1, 0.15) is 11.5 Å². The second-order valence-electron chi connectivity index (χ2n) is 5.44. The maximum absolute atomic E-state index is 12.3. The van der Waals surface area contributed by atoms with Gasteiger partial charge in [0.15, 0.2) is 0 Å². The van der Waals surface area contributed by atoms with Crippen molar-refractivity contribution in [3.8, 4) is 0 Å². The third kappa shape index (κ3) is 3.69. The van der Waals surface area contributed by atoms with Gasteiger partial charge in [-0.05, 0) is 25.7 Å². The van der Waals surface area contributed by atoms with Crippen molar-refractivity contribution in [3.05, 3.63) is 18.1 Å². The van der Waals surface area contributed by atoms with Crippen LogP contribution < -0.4 is 10.6 Å². The molecule has 0 bridgehead atoms. The fourth-order valence-corrected chi connectivity index (χ4v) is 2.75. The Morgan fingerprint density at radius 2 is 2.19 bits per heavy atom. The zero-order valence-electron chi connectivity index (χ0n) is 13.0. The van der Waals surface area contributed by atoms with E-state index in [1.165, 1.54) is 6.20 Å². The molecule has 116 valence electrons. The number of amides is 1. The minimum Gasteiger partial charge on any atom is -0.375 e. The van der Waals surface area contributed by atoms with Crippen molar-refractivity contribution in [2.75, 3.05) is 19.0 Å². The van der Waals surface area contributed by atoms with Gasteiger partial charge < -0.3 is 15.4 Å². The van der Waals surface area contributed by atoms with E-state index in [1.54, 1.807) is 13.2 Å². The number of hydrogen-bond acceptors (Lipinski definition) is 5. The van der Waals surface area contributed by atoms with Crippen LogP contribution in [0.5, 0.6) is 0 Å². The first-order valence-corrected chi connectivity index (χ1v) is 7.57. The van der Waals surface area contributed by atoms with E-state index in [2.05, 4.69) is 34.4 Å². The molecule has 0 aromatic carbocycles. The third-order valence-corrected chi connectivity index (χ3v) is 4.24. The fraction of sp³-hybridized carbons (Fsp3) is 0.667. The average molecular weight is 292 g/mol. The van der Waals surface area contributed by atoms with Gasteiger partial charge in [-0.15, -0.1) is 0 Å². The highest BCUT2D eigenvalue weighted by Crippen LogP contribution is 2.31. The lowest BCUT2D eigenvalue weighted by Crippen LogP contribution is -2.48. The SMILES string of the molecule is CCC1(CC)CC(NC(=O)c2cncc(NC)n2)CCO1. The molecule has 1 saturated heterocycles. The molecule has 2 rings (SSSR count). The van der Waals surface area contributed by atoms with Gasteiger partial charge >= 0.3 is 0 Å². The van der Waals surface area contributed by atoms with Gasteiger partial charge in [-0.2, -0.15) is 0 Å². The van der Waals surface area contributed by atoms with Gasteiger partial charge in [0.25, 0.3) is 5.91 Å². The Morgan fingerprint density at radius 1 is 1.43 bits per heavy atom. The first-order valence-electron chi connectivity index (χ1n) is 7.57. The quantitative estimate of drug-likeness (QED) is 0.868. The van der Waals surface area contributed by atoms with E-state index >= 15 is 0 Å². The normalized spacial score (nSPS) is 20.8. The topological polar surface area (TPSA) is 76.1 Å². The zero-order chi connectivity index (χ0) is 15.3. The Morgan fingerprint density at radius 3 is 2.86 bits per heavy atom. The Kier molecular flexibility index (Phi) is 5.12.